The Morgan fingerprint density at radius 3 is 2.58 bits per heavy atom. The van der Waals surface area contributed by atoms with Gasteiger partial charge >= 0.3 is 0 Å². The van der Waals surface area contributed by atoms with Gasteiger partial charge in [0.1, 0.15) is 18.3 Å². The summed E-state index contributed by atoms with van der Waals surface area (Å²) in [6.07, 6.45) is 8.30. The van der Waals surface area contributed by atoms with Gasteiger partial charge in [-0.05, 0) is 120 Å². The lowest BCUT2D eigenvalue weighted by molar-refractivity contribution is -0.127. The Morgan fingerprint density at radius 1 is 0.955 bits per heavy atom. The van der Waals surface area contributed by atoms with Crippen LogP contribution in [0.3, 0.4) is 0 Å². The standard InChI is InChI=1S/C54H59N3O8S2/c1-53(63)29-57-31-65-52-45(60)15-11-35-26-54(19-17-47(49(35)52)67-66-30-53,36-21-33(27-55-2)22-37(58)24-36)48(62)25-46(61)43(23-32-18-20-56-28-32)40-12-13-41(50-42(40)14-16-44(59)51(50)64-3)39-10-6-8-34-7-4-5-9-38(34)39/h4-16,18,20-22,24,28,40-41,43,46-47,55-61,63H,17,19,23,25-27,29-31H2,1-3H3. The Balaban J connectivity index is 1.14. The molecule has 0 saturated carbocycles. The number of phenolic OH excluding ortho intramolecular Hbond substituents is 3. The minimum absolute atomic E-state index is 0.00822. The van der Waals surface area contributed by atoms with Gasteiger partial charge in [-0.3, -0.25) is 10.1 Å². The Morgan fingerprint density at radius 2 is 1.78 bits per heavy atom. The predicted octanol–water partition coefficient (Wildman–Crippen LogP) is 9.06. The second kappa shape index (κ2) is 19.7. The number of hydrogen-bond acceptors (Lipinski definition) is 12. The number of aromatic hydroxyl groups is 3. The van der Waals surface area contributed by atoms with Gasteiger partial charge in [-0.1, -0.05) is 94.4 Å². The predicted molar refractivity (Wildman–Crippen MR) is 266 cm³/mol. The quantitative estimate of drug-likeness (QED) is 0.0432. The van der Waals surface area contributed by atoms with E-state index in [1.165, 1.54) is 0 Å². The molecule has 350 valence electrons. The molecule has 3 aliphatic rings. The maximum Gasteiger partial charge on any atom is 0.167 e. The number of aliphatic hydroxyl groups is 2. The lowest BCUT2D eigenvalue weighted by Crippen LogP contribution is -2.42. The maximum absolute atomic E-state index is 15.9. The number of aromatic nitrogens is 1. The number of nitrogens with one attached hydrogen (secondary N) is 3. The molecule has 8 N–H and O–H groups in total. The van der Waals surface area contributed by atoms with Gasteiger partial charge in [0.05, 0.1) is 24.2 Å². The lowest BCUT2D eigenvalue weighted by atomic mass is 9.66. The van der Waals surface area contributed by atoms with Crippen molar-refractivity contribution in [2.45, 2.75) is 79.8 Å². The molecule has 9 rings (SSSR count). The van der Waals surface area contributed by atoms with Gasteiger partial charge in [0, 0.05) is 65.9 Å². The van der Waals surface area contributed by atoms with Gasteiger partial charge in [0.25, 0.3) is 0 Å². The number of phenols is 3. The maximum atomic E-state index is 15.9. The van der Waals surface area contributed by atoms with Crippen LogP contribution in [0, 0.1) is 5.92 Å². The minimum Gasteiger partial charge on any atom is -0.508 e. The highest BCUT2D eigenvalue weighted by molar-refractivity contribution is 8.76. The van der Waals surface area contributed by atoms with Crippen molar-refractivity contribution in [3.8, 4) is 28.7 Å². The van der Waals surface area contributed by atoms with Crippen LogP contribution in [0.2, 0.25) is 0 Å². The Kier molecular flexibility index (Phi) is 13.7. The van der Waals surface area contributed by atoms with Crippen LogP contribution in [0.5, 0.6) is 28.7 Å². The molecular weight excluding hydrogens is 883 g/mol. The van der Waals surface area contributed by atoms with Gasteiger partial charge in [-0.15, -0.1) is 0 Å². The average molecular weight is 942 g/mol. The van der Waals surface area contributed by atoms with Crippen molar-refractivity contribution in [2.75, 3.05) is 33.2 Å². The first-order valence-electron chi connectivity index (χ1n) is 23.0. The number of hydrogen-bond donors (Lipinski definition) is 8. The van der Waals surface area contributed by atoms with Crippen molar-refractivity contribution < 1.29 is 39.8 Å². The summed E-state index contributed by atoms with van der Waals surface area (Å²) in [6.45, 7) is 2.61. The van der Waals surface area contributed by atoms with E-state index in [1.54, 1.807) is 59.9 Å². The number of fused-ring (bicyclic) bond motifs is 2. The molecule has 7 atom stereocenters. The number of H-pyrrole nitrogens is 1. The molecule has 0 radical (unpaired) electrons. The van der Waals surface area contributed by atoms with Crippen LogP contribution in [0.25, 0.3) is 10.8 Å². The summed E-state index contributed by atoms with van der Waals surface area (Å²) in [6, 6.07) is 28.9. The number of carbonyl (C=O) groups is 1. The first-order chi connectivity index (χ1) is 32.4. The first kappa shape index (κ1) is 46.7. The summed E-state index contributed by atoms with van der Waals surface area (Å²) in [5, 5.41) is 66.3. The molecule has 0 fully saturated rings. The number of Topliss-reactive ketones (excluding diaryl/α,β-unsaturated/α-hetero) is 1. The number of methoxy groups -OCH3 is 1. The topological polar surface area (TPSA) is 177 Å². The molecule has 6 aromatic rings. The molecule has 0 saturated heterocycles. The molecule has 1 aromatic heterocycles. The van der Waals surface area contributed by atoms with Gasteiger partial charge in [-0.25, -0.2) is 0 Å². The van der Waals surface area contributed by atoms with Crippen LogP contribution in [0.1, 0.15) is 87.8 Å². The normalized spacial score (nSPS) is 23.7. The second-order valence-electron chi connectivity index (χ2n) is 18.6. The summed E-state index contributed by atoms with van der Waals surface area (Å²) >= 11 is 0. The molecule has 0 amide bonds. The van der Waals surface area contributed by atoms with Crippen molar-refractivity contribution in [3.05, 3.63) is 160 Å². The highest BCUT2D eigenvalue weighted by Gasteiger charge is 2.47. The molecule has 7 unspecified atom stereocenters. The first-order valence-corrected chi connectivity index (χ1v) is 25.3. The van der Waals surface area contributed by atoms with Crippen LogP contribution < -0.4 is 20.1 Å². The van der Waals surface area contributed by atoms with E-state index in [2.05, 4.69) is 52.0 Å². The van der Waals surface area contributed by atoms with Crippen molar-refractivity contribution in [1.82, 2.24) is 15.6 Å². The van der Waals surface area contributed by atoms with Crippen molar-refractivity contribution in [2.24, 2.45) is 5.92 Å². The van der Waals surface area contributed by atoms with Crippen LogP contribution in [0.15, 0.2) is 116 Å². The van der Waals surface area contributed by atoms with Crippen LogP contribution in [-0.4, -0.2) is 81.2 Å². The summed E-state index contributed by atoms with van der Waals surface area (Å²) in [7, 11) is 6.55. The lowest BCUT2D eigenvalue weighted by Gasteiger charge is -2.38. The van der Waals surface area contributed by atoms with E-state index in [0.717, 1.165) is 49.7 Å². The highest BCUT2D eigenvalue weighted by atomic mass is 33.1. The van der Waals surface area contributed by atoms with E-state index in [1.807, 2.05) is 61.9 Å². The van der Waals surface area contributed by atoms with Gasteiger partial charge in [0.2, 0.25) is 0 Å². The Bertz CT molecular complexity index is 2770. The molecule has 0 bridgehead atoms. The van der Waals surface area contributed by atoms with E-state index < -0.39 is 23.0 Å². The third-order valence-corrected chi connectivity index (χ3v) is 17.0. The monoisotopic (exact) mass is 941 g/mol. The van der Waals surface area contributed by atoms with Crippen molar-refractivity contribution in [3.63, 3.8) is 0 Å². The summed E-state index contributed by atoms with van der Waals surface area (Å²) in [5.41, 5.74) is 4.63. The molecule has 13 heteroatoms. The van der Waals surface area contributed by atoms with Gasteiger partial charge in [0.15, 0.2) is 23.0 Å². The fraction of sp³-hybridized carbons (Fsp3) is 0.352. The SMILES string of the molecule is CNCc1cc(O)cc(C2(C(=O)CC(O)C(Cc3cc[nH]c3)C3C=CC(c4cccc5ccccc45)c4c3ccc(O)c4OC)CCC3SSCC(C)(O)CNCOc4c(O)ccc(c43)C2)c1. The van der Waals surface area contributed by atoms with Crippen LogP contribution >= 0.6 is 21.6 Å². The zero-order valence-electron chi connectivity index (χ0n) is 38.0. The summed E-state index contributed by atoms with van der Waals surface area (Å²) < 4.78 is 12.3. The van der Waals surface area contributed by atoms with E-state index in [4.69, 9.17) is 9.47 Å². The number of benzene rings is 5. The minimum atomic E-state index is -1.21. The van der Waals surface area contributed by atoms with E-state index in [0.29, 0.717) is 55.2 Å². The third-order valence-electron chi connectivity index (χ3n) is 14.0. The van der Waals surface area contributed by atoms with E-state index in [9.17, 15) is 25.5 Å². The summed E-state index contributed by atoms with van der Waals surface area (Å²) in [5.74, 6) is -0.107. The summed E-state index contributed by atoms with van der Waals surface area (Å²) in [4.78, 5) is 19.1. The van der Waals surface area contributed by atoms with Gasteiger partial charge in [-0.2, -0.15) is 0 Å². The van der Waals surface area contributed by atoms with Crippen molar-refractivity contribution in [1.29, 1.82) is 0 Å². The average Bonchev–Trinajstić information content (AvgIpc) is 3.76. The molecule has 2 heterocycles. The number of carbonyl (C=O) groups excluding carboxylic acids is 1. The molecule has 11 nitrogen and oxygen atoms in total. The highest BCUT2D eigenvalue weighted by Crippen LogP contribution is 2.56. The second-order valence-corrected chi connectivity index (χ2v) is 21.2. The Hall–Kier alpha value is -5.41. The number of aromatic amines is 1. The number of rotatable bonds is 12. The van der Waals surface area contributed by atoms with E-state index >= 15 is 4.79 Å². The van der Waals surface area contributed by atoms with E-state index in [-0.39, 0.29) is 59.7 Å². The molecule has 2 aliphatic carbocycles. The molecule has 0 spiro atoms. The fourth-order valence-corrected chi connectivity index (χ4v) is 14.0. The van der Waals surface area contributed by atoms with Crippen molar-refractivity contribution >= 4 is 38.1 Å². The smallest absolute Gasteiger partial charge is 0.167 e. The fourth-order valence-electron chi connectivity index (χ4n) is 10.8. The number of aliphatic hydroxyl groups excluding tert-OH is 1. The number of β-amino-alcohol motifs (C(OH)–C–C–N with tert-alkyl or cyclic N) is 1. The van der Waals surface area contributed by atoms with Crippen LogP contribution in [-0.2, 0) is 29.6 Å². The Labute approximate surface area is 399 Å². The third kappa shape index (κ3) is 9.42. The van der Waals surface area contributed by atoms with Crippen LogP contribution in [0.4, 0.5) is 0 Å². The molecule has 5 aromatic carbocycles. The molecular formula is C54H59N3O8S2. The number of ether oxygens (including phenoxy) is 2. The zero-order valence-corrected chi connectivity index (χ0v) is 39.6. The number of allylic oxidation sites excluding steroid dienone is 2. The number of ketones is 1. The molecule has 67 heavy (non-hydrogen) atoms. The zero-order chi connectivity index (χ0) is 46.9. The van der Waals surface area contributed by atoms with Gasteiger partial charge < -0.3 is 45.3 Å². The largest absolute Gasteiger partial charge is 0.508 e. The molecule has 1 aliphatic heterocycles.